The number of hydrogen-bond donors (Lipinski definition) is 0. The van der Waals surface area contributed by atoms with Crippen LogP contribution in [0.3, 0.4) is 0 Å². The van der Waals surface area contributed by atoms with E-state index in [1.165, 1.54) is 13.8 Å². The van der Waals surface area contributed by atoms with E-state index < -0.39 is 32.6 Å². The number of Topliss-reactive ketones (excluding diaryl/α,β-unsaturated/α-hetero) is 1. The first-order valence-electron chi connectivity index (χ1n) is 12.9. The molecule has 214 valence electrons. The van der Waals surface area contributed by atoms with Crippen LogP contribution >= 0.6 is 22.6 Å². The van der Waals surface area contributed by atoms with Crippen molar-refractivity contribution >= 4 is 50.1 Å². The molecule has 0 amide bonds. The van der Waals surface area contributed by atoms with Crippen molar-refractivity contribution in [1.82, 2.24) is 0 Å². The maximum absolute atomic E-state index is 14.2. The Morgan fingerprint density at radius 1 is 1.08 bits per heavy atom. The molecule has 0 heterocycles. The van der Waals surface area contributed by atoms with Gasteiger partial charge in [0.2, 0.25) is 0 Å². The van der Waals surface area contributed by atoms with E-state index in [1.807, 2.05) is 33.8 Å². The lowest BCUT2D eigenvalue weighted by molar-refractivity contribution is -0.144. The predicted molar refractivity (Wildman–Crippen MR) is 160 cm³/mol. The zero-order valence-corrected chi connectivity index (χ0v) is 26.8. The third-order valence-electron chi connectivity index (χ3n) is 6.89. The Kier molecular flexibility index (Phi) is 11.7. The van der Waals surface area contributed by atoms with Gasteiger partial charge in [0.25, 0.3) is 0 Å². The highest BCUT2D eigenvalue weighted by Crippen LogP contribution is 2.45. The second-order valence-corrected chi connectivity index (χ2v) is 14.1. The fraction of sp³-hybridized carbons (Fsp3) is 0.500. The number of benzene rings is 1. The maximum Gasteiger partial charge on any atom is 0.303 e. The highest BCUT2D eigenvalue weighted by Gasteiger charge is 2.42. The molecule has 0 saturated heterocycles. The molecule has 7 nitrogen and oxygen atoms in total. The molecule has 2 atom stereocenters. The van der Waals surface area contributed by atoms with Crippen LogP contribution < -0.4 is 0 Å². The molecule has 0 radical (unpaired) electrons. The molecule has 0 saturated carbocycles. The number of ether oxygens (including phenoxy) is 2. The van der Waals surface area contributed by atoms with Crippen molar-refractivity contribution in [3.63, 3.8) is 0 Å². The van der Waals surface area contributed by atoms with Gasteiger partial charge in [0.05, 0.1) is 10.1 Å². The van der Waals surface area contributed by atoms with Crippen LogP contribution in [0.4, 0.5) is 0 Å². The van der Waals surface area contributed by atoms with Crippen LogP contribution in [0.1, 0.15) is 74.1 Å². The molecule has 0 fully saturated rings. The number of hydrogen-bond acceptors (Lipinski definition) is 7. The molecule has 0 aromatic heterocycles. The molecule has 1 aliphatic carbocycles. The Morgan fingerprint density at radius 2 is 1.74 bits per heavy atom. The van der Waals surface area contributed by atoms with Gasteiger partial charge in [-0.05, 0) is 103 Å². The summed E-state index contributed by atoms with van der Waals surface area (Å²) in [6, 6.07) is 6.79. The first-order chi connectivity index (χ1) is 18.0. The Hall–Kier alpha value is -2.27. The number of carbonyl (C=O) groups excluding carboxylic acids is 3. The maximum atomic E-state index is 14.2. The Balaban J connectivity index is 2.55. The molecule has 1 aliphatic rings. The smallest absolute Gasteiger partial charge is 0.303 e. The highest BCUT2D eigenvalue weighted by molar-refractivity contribution is 14.1. The topological polar surface area (TPSA) is 104 Å². The number of esters is 2. The van der Waals surface area contributed by atoms with Gasteiger partial charge < -0.3 is 9.47 Å². The minimum Gasteiger partial charge on any atom is -0.462 e. The largest absolute Gasteiger partial charge is 0.462 e. The van der Waals surface area contributed by atoms with E-state index in [0.29, 0.717) is 30.4 Å². The average Bonchev–Trinajstić information content (AvgIpc) is 2.80. The lowest BCUT2D eigenvalue weighted by atomic mass is 9.70. The van der Waals surface area contributed by atoms with Crippen molar-refractivity contribution < 1.29 is 32.3 Å². The SMILES string of the molecule is CC(=O)OC/C=C(\C)CC(/C=C(\C)CC(C1=C(C)C(=O)CCC1(C)C)S(=O)(=O)c1cccc(I)c1)OC(C)=O. The van der Waals surface area contributed by atoms with Gasteiger partial charge in [0.1, 0.15) is 12.7 Å². The van der Waals surface area contributed by atoms with Crippen LogP contribution in [0.5, 0.6) is 0 Å². The second kappa shape index (κ2) is 13.9. The van der Waals surface area contributed by atoms with Crippen LogP contribution in [0.2, 0.25) is 0 Å². The molecule has 9 heteroatoms. The van der Waals surface area contributed by atoms with E-state index in [9.17, 15) is 22.8 Å². The second-order valence-electron chi connectivity index (χ2n) is 10.8. The summed E-state index contributed by atoms with van der Waals surface area (Å²) in [5, 5.41) is -0.954. The van der Waals surface area contributed by atoms with Gasteiger partial charge in [-0.1, -0.05) is 31.1 Å². The molecule has 2 rings (SSSR count). The Bertz CT molecular complexity index is 1300. The average molecular weight is 671 g/mol. The minimum atomic E-state index is -3.87. The standard InChI is InChI=1S/C30H39IO7S/c1-19(12-14-37-22(4)32)15-25(38-23(5)33)16-20(2)17-28(29-21(3)27(34)11-13-30(29,6)7)39(35,36)26-10-8-9-24(31)18-26/h8-10,12,16,18,25,28H,11,13-15,17H2,1-7H3/b19-12+,20-16+. The fourth-order valence-electron chi connectivity index (χ4n) is 4.99. The summed E-state index contributed by atoms with van der Waals surface area (Å²) in [5.74, 6) is -0.877. The number of halogens is 1. The van der Waals surface area contributed by atoms with Crippen LogP contribution in [0, 0.1) is 8.99 Å². The summed E-state index contributed by atoms with van der Waals surface area (Å²) in [4.78, 5) is 35.9. The predicted octanol–water partition coefficient (Wildman–Crippen LogP) is 6.31. The van der Waals surface area contributed by atoms with E-state index in [2.05, 4.69) is 22.6 Å². The molecule has 39 heavy (non-hydrogen) atoms. The van der Waals surface area contributed by atoms with Crippen molar-refractivity contribution in [3.05, 3.63) is 62.3 Å². The van der Waals surface area contributed by atoms with Gasteiger partial charge in [0.15, 0.2) is 15.6 Å². The molecule has 0 bridgehead atoms. The zero-order valence-electron chi connectivity index (χ0n) is 23.8. The van der Waals surface area contributed by atoms with Crippen LogP contribution in [0.15, 0.2) is 63.6 Å². The summed E-state index contributed by atoms with van der Waals surface area (Å²) >= 11 is 2.09. The van der Waals surface area contributed by atoms with Gasteiger partial charge in [-0.25, -0.2) is 8.42 Å². The minimum absolute atomic E-state index is 0.0277. The van der Waals surface area contributed by atoms with Crippen molar-refractivity contribution in [3.8, 4) is 0 Å². The van der Waals surface area contributed by atoms with Crippen molar-refractivity contribution in [1.29, 1.82) is 0 Å². The Morgan fingerprint density at radius 3 is 2.33 bits per heavy atom. The molecule has 0 spiro atoms. The molecule has 2 unspecified atom stereocenters. The van der Waals surface area contributed by atoms with Gasteiger partial charge >= 0.3 is 11.9 Å². The summed E-state index contributed by atoms with van der Waals surface area (Å²) in [6.45, 7) is 12.1. The lowest BCUT2D eigenvalue weighted by Crippen LogP contribution is -2.37. The zero-order chi connectivity index (χ0) is 29.5. The third kappa shape index (κ3) is 9.41. The molecule has 0 N–H and O–H groups in total. The highest BCUT2D eigenvalue weighted by atomic mass is 127. The lowest BCUT2D eigenvalue weighted by Gasteiger charge is -2.38. The molecule has 1 aromatic carbocycles. The Labute approximate surface area is 246 Å². The van der Waals surface area contributed by atoms with Crippen LogP contribution in [0.25, 0.3) is 0 Å². The normalized spacial score (nSPS) is 18.0. The van der Waals surface area contributed by atoms with E-state index in [1.54, 1.807) is 37.3 Å². The van der Waals surface area contributed by atoms with Crippen molar-refractivity contribution in [2.75, 3.05) is 6.61 Å². The monoisotopic (exact) mass is 670 g/mol. The molecular weight excluding hydrogens is 631 g/mol. The van der Waals surface area contributed by atoms with Crippen molar-refractivity contribution in [2.45, 2.75) is 90.4 Å². The van der Waals surface area contributed by atoms with Gasteiger partial charge in [-0.15, -0.1) is 0 Å². The molecule has 0 aliphatic heterocycles. The van der Waals surface area contributed by atoms with E-state index in [-0.39, 0.29) is 29.7 Å². The van der Waals surface area contributed by atoms with Crippen LogP contribution in [-0.2, 0) is 33.7 Å². The number of rotatable bonds is 11. The van der Waals surface area contributed by atoms with Gasteiger partial charge in [-0.2, -0.15) is 0 Å². The van der Waals surface area contributed by atoms with Crippen LogP contribution in [-0.4, -0.2) is 44.1 Å². The van der Waals surface area contributed by atoms with E-state index in [0.717, 1.165) is 14.7 Å². The number of allylic oxidation sites excluding steroid dienone is 2. The first-order valence-corrected chi connectivity index (χ1v) is 15.5. The molecular formula is C30H39IO7S. The van der Waals surface area contributed by atoms with E-state index >= 15 is 0 Å². The fourth-order valence-corrected chi connectivity index (χ4v) is 7.92. The first kappa shape index (κ1) is 32.9. The number of sulfone groups is 1. The van der Waals surface area contributed by atoms with Gasteiger partial charge in [0, 0.05) is 30.3 Å². The summed E-state index contributed by atoms with van der Waals surface area (Å²) < 4.78 is 39.6. The summed E-state index contributed by atoms with van der Waals surface area (Å²) in [7, 11) is -3.87. The third-order valence-corrected chi connectivity index (χ3v) is 9.62. The summed E-state index contributed by atoms with van der Waals surface area (Å²) in [6.07, 6.45) is 4.35. The molecule has 1 aromatic rings. The quantitative estimate of drug-likeness (QED) is 0.155. The summed E-state index contributed by atoms with van der Waals surface area (Å²) in [5.41, 5.74) is 2.25. The van der Waals surface area contributed by atoms with E-state index in [4.69, 9.17) is 9.47 Å². The van der Waals surface area contributed by atoms with Gasteiger partial charge in [-0.3, -0.25) is 14.4 Å². The van der Waals surface area contributed by atoms with Crippen molar-refractivity contribution in [2.24, 2.45) is 5.41 Å². The number of carbonyl (C=O) groups is 3. The number of ketones is 1.